The number of carbonyl (C=O) groups excluding carboxylic acids is 1. The van der Waals surface area contributed by atoms with Crippen molar-refractivity contribution >= 4 is 5.91 Å². The van der Waals surface area contributed by atoms with E-state index in [4.69, 9.17) is 4.74 Å². The molecule has 0 spiro atoms. The first-order chi connectivity index (χ1) is 15.7. The van der Waals surface area contributed by atoms with E-state index in [0.29, 0.717) is 36.5 Å². The summed E-state index contributed by atoms with van der Waals surface area (Å²) in [6.07, 6.45) is 0.367. The average molecular weight is 457 g/mol. The van der Waals surface area contributed by atoms with Crippen LogP contribution >= 0.6 is 0 Å². The molecule has 0 aromatic carbocycles. The summed E-state index contributed by atoms with van der Waals surface area (Å²) >= 11 is 0. The normalized spacial score (nSPS) is 18.8. The van der Waals surface area contributed by atoms with E-state index in [1.165, 1.54) is 6.07 Å². The summed E-state index contributed by atoms with van der Waals surface area (Å²) < 4.78 is 44.2. The molecule has 3 aromatic rings. The molecule has 4 heterocycles. The van der Waals surface area contributed by atoms with Gasteiger partial charge in [-0.15, -0.1) is 0 Å². The van der Waals surface area contributed by atoms with Crippen LogP contribution in [0.2, 0.25) is 0 Å². The highest BCUT2D eigenvalue weighted by molar-refractivity contribution is 5.98. The SMILES string of the molecule is Cc1ccc(-c2ncccn2)c(C(=O)N2CCCC(Oc3ccc(C(F)(F)F)cn3)C2C)n1. The van der Waals surface area contributed by atoms with Crippen LogP contribution in [0, 0.1) is 6.92 Å². The number of carbonyl (C=O) groups is 1. The fraction of sp³-hybridized carbons (Fsp3) is 0.348. The van der Waals surface area contributed by atoms with Gasteiger partial charge in [0.15, 0.2) is 5.82 Å². The number of alkyl halides is 3. The van der Waals surface area contributed by atoms with E-state index in [9.17, 15) is 18.0 Å². The van der Waals surface area contributed by atoms with Crippen LogP contribution < -0.4 is 4.74 Å². The van der Waals surface area contributed by atoms with E-state index < -0.39 is 17.8 Å². The van der Waals surface area contributed by atoms with Gasteiger partial charge in [-0.2, -0.15) is 13.2 Å². The Kier molecular flexibility index (Phi) is 6.26. The number of aryl methyl sites for hydroxylation is 1. The number of aromatic nitrogens is 4. The third kappa shape index (κ3) is 4.94. The molecule has 0 N–H and O–H groups in total. The average Bonchev–Trinajstić information content (AvgIpc) is 2.80. The summed E-state index contributed by atoms with van der Waals surface area (Å²) in [6, 6.07) is 7.05. The number of amides is 1. The molecular formula is C23H22F3N5O2. The molecule has 33 heavy (non-hydrogen) atoms. The molecule has 7 nitrogen and oxygen atoms in total. The molecule has 2 unspecified atom stereocenters. The molecule has 0 bridgehead atoms. The Morgan fingerprint density at radius 1 is 1.12 bits per heavy atom. The highest BCUT2D eigenvalue weighted by Gasteiger charge is 2.35. The van der Waals surface area contributed by atoms with Gasteiger partial charge in [0.2, 0.25) is 5.88 Å². The van der Waals surface area contributed by atoms with Crippen LogP contribution in [0.3, 0.4) is 0 Å². The largest absolute Gasteiger partial charge is 0.472 e. The van der Waals surface area contributed by atoms with Crippen molar-refractivity contribution in [1.29, 1.82) is 0 Å². The van der Waals surface area contributed by atoms with Crippen LogP contribution in [-0.4, -0.2) is 49.4 Å². The summed E-state index contributed by atoms with van der Waals surface area (Å²) in [5.41, 5.74) is 0.626. The van der Waals surface area contributed by atoms with Crippen molar-refractivity contribution < 1.29 is 22.7 Å². The molecule has 1 saturated heterocycles. The van der Waals surface area contributed by atoms with Crippen LogP contribution in [0.15, 0.2) is 48.9 Å². The first kappa shape index (κ1) is 22.6. The number of halogens is 3. The lowest BCUT2D eigenvalue weighted by molar-refractivity contribution is -0.137. The second kappa shape index (κ2) is 9.13. The predicted molar refractivity (Wildman–Crippen MR) is 113 cm³/mol. The molecule has 1 aliphatic rings. The summed E-state index contributed by atoms with van der Waals surface area (Å²) in [5.74, 6) is 0.211. The lowest BCUT2D eigenvalue weighted by Crippen LogP contribution is -2.51. The number of nitrogens with zero attached hydrogens (tertiary/aromatic N) is 5. The van der Waals surface area contributed by atoms with Gasteiger partial charge < -0.3 is 9.64 Å². The zero-order valence-corrected chi connectivity index (χ0v) is 18.1. The van der Waals surface area contributed by atoms with Crippen molar-refractivity contribution in [1.82, 2.24) is 24.8 Å². The van der Waals surface area contributed by atoms with Gasteiger partial charge in [0.25, 0.3) is 5.91 Å². The van der Waals surface area contributed by atoms with Crippen LogP contribution in [0.25, 0.3) is 11.4 Å². The van der Waals surface area contributed by atoms with Crippen molar-refractivity contribution in [2.75, 3.05) is 6.54 Å². The number of pyridine rings is 2. The molecular weight excluding hydrogens is 435 g/mol. The highest BCUT2D eigenvalue weighted by Crippen LogP contribution is 2.30. The van der Waals surface area contributed by atoms with E-state index >= 15 is 0 Å². The lowest BCUT2D eigenvalue weighted by Gasteiger charge is -2.39. The monoisotopic (exact) mass is 457 g/mol. The first-order valence-electron chi connectivity index (χ1n) is 10.5. The molecule has 0 radical (unpaired) electrons. The summed E-state index contributed by atoms with van der Waals surface area (Å²) in [6.45, 7) is 4.15. The van der Waals surface area contributed by atoms with Crippen LogP contribution in [0.1, 0.15) is 41.5 Å². The van der Waals surface area contributed by atoms with Crippen LogP contribution in [0.4, 0.5) is 13.2 Å². The Hall–Kier alpha value is -3.56. The molecule has 0 aliphatic carbocycles. The zero-order chi connectivity index (χ0) is 23.6. The molecule has 3 aromatic heterocycles. The number of piperidine rings is 1. The van der Waals surface area contributed by atoms with E-state index in [0.717, 1.165) is 12.3 Å². The quantitative estimate of drug-likeness (QED) is 0.580. The topological polar surface area (TPSA) is 81.1 Å². The molecule has 2 atom stereocenters. The predicted octanol–water partition coefficient (Wildman–Crippen LogP) is 4.33. The highest BCUT2D eigenvalue weighted by atomic mass is 19.4. The minimum absolute atomic E-state index is 0.0844. The Morgan fingerprint density at radius 3 is 2.55 bits per heavy atom. The standard InChI is InChI=1S/C23H22F3N5O2/c1-14-6-8-17(21-27-10-4-11-28-21)20(30-14)22(32)31-12-3-5-18(15(31)2)33-19-9-7-16(13-29-19)23(24,25)26/h4,6-11,13,15,18H,3,5,12H2,1-2H3. The van der Waals surface area contributed by atoms with Gasteiger partial charge in [0.1, 0.15) is 11.8 Å². The van der Waals surface area contributed by atoms with Crippen molar-refractivity contribution in [3.8, 4) is 17.3 Å². The van der Waals surface area contributed by atoms with Crippen molar-refractivity contribution in [2.45, 2.75) is 45.0 Å². The van der Waals surface area contributed by atoms with Gasteiger partial charge in [0.05, 0.1) is 17.2 Å². The van der Waals surface area contributed by atoms with Crippen molar-refractivity contribution in [2.24, 2.45) is 0 Å². The van der Waals surface area contributed by atoms with Crippen LogP contribution in [-0.2, 0) is 6.18 Å². The summed E-state index contributed by atoms with van der Waals surface area (Å²) in [5, 5.41) is 0. The molecule has 1 amide bonds. The van der Waals surface area contributed by atoms with Gasteiger partial charge >= 0.3 is 6.18 Å². The molecule has 1 fully saturated rings. The Balaban J connectivity index is 1.56. The lowest BCUT2D eigenvalue weighted by atomic mass is 9.98. The molecule has 172 valence electrons. The fourth-order valence-electron chi connectivity index (χ4n) is 3.80. The summed E-state index contributed by atoms with van der Waals surface area (Å²) in [4.78, 5) is 31.9. The van der Waals surface area contributed by atoms with Gasteiger partial charge in [-0.1, -0.05) is 0 Å². The Bertz CT molecular complexity index is 1120. The maximum Gasteiger partial charge on any atom is 0.417 e. The maximum absolute atomic E-state index is 13.5. The van der Waals surface area contributed by atoms with Crippen molar-refractivity contribution in [3.05, 3.63) is 65.9 Å². The third-order valence-corrected chi connectivity index (χ3v) is 5.56. The second-order valence-electron chi connectivity index (χ2n) is 7.84. The number of hydrogen-bond donors (Lipinski definition) is 0. The molecule has 10 heteroatoms. The third-order valence-electron chi connectivity index (χ3n) is 5.56. The van der Waals surface area contributed by atoms with E-state index in [1.807, 2.05) is 6.92 Å². The van der Waals surface area contributed by atoms with Gasteiger partial charge in [0, 0.05) is 36.9 Å². The van der Waals surface area contributed by atoms with E-state index in [1.54, 1.807) is 42.4 Å². The number of rotatable bonds is 4. The summed E-state index contributed by atoms with van der Waals surface area (Å²) in [7, 11) is 0. The Labute approximate surface area is 188 Å². The van der Waals surface area contributed by atoms with E-state index in [2.05, 4.69) is 19.9 Å². The van der Waals surface area contributed by atoms with Gasteiger partial charge in [-0.25, -0.2) is 19.9 Å². The van der Waals surface area contributed by atoms with Gasteiger partial charge in [-0.05, 0) is 51.0 Å². The number of likely N-dealkylation sites (tertiary alicyclic amines) is 1. The maximum atomic E-state index is 13.5. The zero-order valence-electron chi connectivity index (χ0n) is 18.1. The molecule has 4 rings (SSSR count). The van der Waals surface area contributed by atoms with Gasteiger partial charge in [-0.3, -0.25) is 4.79 Å². The minimum Gasteiger partial charge on any atom is -0.472 e. The smallest absolute Gasteiger partial charge is 0.417 e. The fourth-order valence-corrected chi connectivity index (χ4v) is 3.80. The Morgan fingerprint density at radius 2 is 1.88 bits per heavy atom. The minimum atomic E-state index is -4.46. The molecule has 1 aliphatic heterocycles. The van der Waals surface area contributed by atoms with Crippen molar-refractivity contribution in [3.63, 3.8) is 0 Å². The molecule has 0 saturated carbocycles. The second-order valence-corrected chi connectivity index (χ2v) is 7.84. The number of hydrogen-bond acceptors (Lipinski definition) is 6. The van der Waals surface area contributed by atoms with Crippen LogP contribution in [0.5, 0.6) is 5.88 Å². The first-order valence-corrected chi connectivity index (χ1v) is 10.5. The van der Waals surface area contributed by atoms with E-state index in [-0.39, 0.29) is 23.5 Å². The number of ether oxygens (including phenoxy) is 1.